The Labute approximate surface area is 103 Å². The third-order valence-corrected chi connectivity index (χ3v) is 2.31. The second kappa shape index (κ2) is 6.86. The zero-order valence-electron chi connectivity index (χ0n) is 10.7. The zero-order valence-corrected chi connectivity index (χ0v) is 10.7. The average molecular weight is 232 g/mol. The van der Waals surface area contributed by atoms with E-state index in [2.05, 4.69) is 30.2 Å². The molecule has 2 rings (SSSR count). The first-order valence-electron chi connectivity index (χ1n) is 6.00. The molecule has 0 atom stereocenters. The van der Waals surface area contributed by atoms with E-state index in [1.807, 2.05) is 32.3 Å². The molecule has 0 radical (unpaired) electrons. The molecule has 3 heteroatoms. The minimum Gasteiger partial charge on any atom is -0.394 e. The van der Waals surface area contributed by atoms with Crippen LogP contribution in [0.3, 0.4) is 0 Å². The molecule has 0 aliphatic rings. The molecule has 0 saturated heterocycles. The molecule has 17 heavy (non-hydrogen) atoms. The monoisotopic (exact) mass is 232 g/mol. The third-order valence-electron chi connectivity index (χ3n) is 2.31. The predicted octanol–water partition coefficient (Wildman–Crippen LogP) is 2.88. The van der Waals surface area contributed by atoms with Crippen molar-refractivity contribution in [1.82, 2.24) is 9.78 Å². The van der Waals surface area contributed by atoms with Gasteiger partial charge in [-0.15, -0.1) is 0 Å². The summed E-state index contributed by atoms with van der Waals surface area (Å²) in [5, 5.41) is 13.0. The van der Waals surface area contributed by atoms with Crippen LogP contribution in [0.15, 0.2) is 36.7 Å². The van der Waals surface area contributed by atoms with E-state index in [9.17, 15) is 0 Å². The first-order valence-corrected chi connectivity index (χ1v) is 6.00. The van der Waals surface area contributed by atoms with E-state index < -0.39 is 0 Å². The van der Waals surface area contributed by atoms with Crippen LogP contribution in [-0.4, -0.2) is 21.5 Å². The fraction of sp³-hybridized carbons (Fsp3) is 0.357. The molecule has 0 saturated carbocycles. The number of aliphatic hydroxyl groups is 1. The average Bonchev–Trinajstić information content (AvgIpc) is 2.81. The Kier molecular flexibility index (Phi) is 5.43. The molecular formula is C14H20N2O. The number of hydrogen-bond acceptors (Lipinski definition) is 2. The molecule has 0 bridgehead atoms. The third kappa shape index (κ3) is 3.71. The van der Waals surface area contributed by atoms with Gasteiger partial charge in [0.25, 0.3) is 0 Å². The first kappa shape index (κ1) is 13.5. The van der Waals surface area contributed by atoms with Crippen molar-refractivity contribution in [2.75, 3.05) is 6.61 Å². The Bertz CT molecular complexity index is 449. The molecule has 3 nitrogen and oxygen atoms in total. The smallest absolute Gasteiger partial charge is 0.0641 e. The van der Waals surface area contributed by atoms with Crippen LogP contribution in [0.25, 0.3) is 11.1 Å². The zero-order chi connectivity index (χ0) is 12.7. The summed E-state index contributed by atoms with van der Waals surface area (Å²) in [7, 11) is 0. The van der Waals surface area contributed by atoms with E-state index in [1.165, 1.54) is 11.1 Å². The molecule has 1 aromatic carbocycles. The number of aromatic nitrogens is 2. The lowest BCUT2D eigenvalue weighted by Gasteiger charge is -1.98. The molecule has 0 unspecified atom stereocenters. The fourth-order valence-corrected chi connectivity index (χ4v) is 1.56. The van der Waals surface area contributed by atoms with Crippen LogP contribution in [0.5, 0.6) is 0 Å². The van der Waals surface area contributed by atoms with Crippen LogP contribution in [0, 0.1) is 6.92 Å². The van der Waals surface area contributed by atoms with Gasteiger partial charge in [0.1, 0.15) is 0 Å². The van der Waals surface area contributed by atoms with Crippen molar-refractivity contribution >= 4 is 0 Å². The van der Waals surface area contributed by atoms with E-state index in [0.717, 1.165) is 5.56 Å². The van der Waals surface area contributed by atoms with Gasteiger partial charge in [0, 0.05) is 11.8 Å². The highest BCUT2D eigenvalue weighted by molar-refractivity contribution is 5.62. The molecule has 0 aliphatic carbocycles. The first-order chi connectivity index (χ1) is 8.29. The Balaban J connectivity index is 0.000000686. The van der Waals surface area contributed by atoms with E-state index >= 15 is 0 Å². The summed E-state index contributed by atoms with van der Waals surface area (Å²) < 4.78 is 1.75. The summed E-state index contributed by atoms with van der Waals surface area (Å²) in [6, 6.07) is 8.29. The number of nitrogens with zero attached hydrogens (tertiary/aromatic N) is 2. The lowest BCUT2D eigenvalue weighted by Crippen LogP contribution is -2.01. The van der Waals surface area contributed by atoms with Gasteiger partial charge in [0.05, 0.1) is 19.3 Å². The van der Waals surface area contributed by atoms with Gasteiger partial charge in [-0.05, 0) is 12.5 Å². The second-order valence-electron chi connectivity index (χ2n) is 3.59. The van der Waals surface area contributed by atoms with Crippen molar-refractivity contribution in [3.8, 4) is 11.1 Å². The van der Waals surface area contributed by atoms with Gasteiger partial charge in [-0.3, -0.25) is 4.68 Å². The summed E-state index contributed by atoms with van der Waals surface area (Å²) in [5.41, 5.74) is 3.49. The Morgan fingerprint density at radius 2 is 2.00 bits per heavy atom. The summed E-state index contributed by atoms with van der Waals surface area (Å²) in [4.78, 5) is 0. The maximum atomic E-state index is 8.78. The van der Waals surface area contributed by atoms with Gasteiger partial charge in [0.2, 0.25) is 0 Å². The number of hydrogen-bond donors (Lipinski definition) is 1. The van der Waals surface area contributed by atoms with Crippen LogP contribution in [0.4, 0.5) is 0 Å². The fourth-order valence-electron chi connectivity index (χ4n) is 1.56. The van der Waals surface area contributed by atoms with Crippen molar-refractivity contribution in [3.05, 3.63) is 42.2 Å². The highest BCUT2D eigenvalue weighted by Gasteiger charge is 2.01. The van der Waals surface area contributed by atoms with E-state index in [0.29, 0.717) is 6.54 Å². The summed E-state index contributed by atoms with van der Waals surface area (Å²) in [6.07, 6.45) is 3.77. The van der Waals surface area contributed by atoms with E-state index in [1.54, 1.807) is 4.68 Å². The number of aliphatic hydroxyl groups excluding tert-OH is 1. The Hall–Kier alpha value is -1.61. The van der Waals surface area contributed by atoms with Gasteiger partial charge in [0.15, 0.2) is 0 Å². The number of rotatable bonds is 3. The topological polar surface area (TPSA) is 38.0 Å². The van der Waals surface area contributed by atoms with E-state index in [4.69, 9.17) is 5.11 Å². The van der Waals surface area contributed by atoms with Crippen molar-refractivity contribution in [2.45, 2.75) is 27.3 Å². The van der Waals surface area contributed by atoms with Crippen molar-refractivity contribution in [2.24, 2.45) is 0 Å². The number of benzene rings is 1. The summed E-state index contributed by atoms with van der Waals surface area (Å²) in [6.45, 7) is 6.74. The second-order valence-corrected chi connectivity index (χ2v) is 3.59. The van der Waals surface area contributed by atoms with Crippen LogP contribution in [-0.2, 0) is 6.54 Å². The standard InChI is InChI=1S/C12H14N2O.C2H6/c1-10-3-2-4-11(7-10)12-8-13-14(9-12)5-6-15;1-2/h2-4,7-9,15H,5-6H2,1H3;1-2H3. The molecule has 1 N–H and O–H groups in total. The lowest BCUT2D eigenvalue weighted by molar-refractivity contribution is 0.269. The lowest BCUT2D eigenvalue weighted by atomic mass is 10.1. The van der Waals surface area contributed by atoms with Gasteiger partial charge >= 0.3 is 0 Å². The maximum Gasteiger partial charge on any atom is 0.0641 e. The molecule has 0 fully saturated rings. The van der Waals surface area contributed by atoms with Crippen molar-refractivity contribution in [1.29, 1.82) is 0 Å². The van der Waals surface area contributed by atoms with Crippen LogP contribution in [0.1, 0.15) is 19.4 Å². The number of aryl methyl sites for hydroxylation is 1. The minimum atomic E-state index is 0.120. The summed E-state index contributed by atoms with van der Waals surface area (Å²) >= 11 is 0. The van der Waals surface area contributed by atoms with Crippen LogP contribution >= 0.6 is 0 Å². The van der Waals surface area contributed by atoms with Crippen LogP contribution < -0.4 is 0 Å². The molecule has 1 aromatic heterocycles. The van der Waals surface area contributed by atoms with E-state index in [-0.39, 0.29) is 6.61 Å². The SMILES string of the molecule is CC.Cc1cccc(-c2cnn(CCO)c2)c1. The molecule has 0 aliphatic heterocycles. The highest BCUT2D eigenvalue weighted by Crippen LogP contribution is 2.19. The van der Waals surface area contributed by atoms with Gasteiger partial charge in [-0.25, -0.2) is 0 Å². The largest absolute Gasteiger partial charge is 0.394 e. The van der Waals surface area contributed by atoms with Gasteiger partial charge < -0.3 is 5.11 Å². The van der Waals surface area contributed by atoms with Crippen LogP contribution in [0.2, 0.25) is 0 Å². The minimum absolute atomic E-state index is 0.120. The molecule has 2 aromatic rings. The molecule has 92 valence electrons. The maximum absolute atomic E-state index is 8.78. The molecule has 0 amide bonds. The normalized spacial score (nSPS) is 9.65. The molecule has 1 heterocycles. The summed E-state index contributed by atoms with van der Waals surface area (Å²) in [5.74, 6) is 0. The predicted molar refractivity (Wildman–Crippen MR) is 70.8 cm³/mol. The highest BCUT2D eigenvalue weighted by atomic mass is 16.3. The van der Waals surface area contributed by atoms with Crippen molar-refractivity contribution < 1.29 is 5.11 Å². The quantitative estimate of drug-likeness (QED) is 0.883. The van der Waals surface area contributed by atoms with Gasteiger partial charge in [-0.2, -0.15) is 5.10 Å². The van der Waals surface area contributed by atoms with Crippen molar-refractivity contribution in [3.63, 3.8) is 0 Å². The Morgan fingerprint density at radius 1 is 1.24 bits per heavy atom. The molecule has 0 spiro atoms. The van der Waals surface area contributed by atoms with Gasteiger partial charge in [-0.1, -0.05) is 43.7 Å². The Morgan fingerprint density at radius 3 is 2.65 bits per heavy atom. The molecular weight excluding hydrogens is 212 g/mol.